The van der Waals surface area contributed by atoms with Crippen molar-refractivity contribution in [2.75, 3.05) is 20.3 Å². The van der Waals surface area contributed by atoms with Crippen LogP contribution in [0.1, 0.15) is 51.4 Å². The third-order valence-electron chi connectivity index (χ3n) is 4.16. The summed E-state index contributed by atoms with van der Waals surface area (Å²) >= 11 is 0. The summed E-state index contributed by atoms with van der Waals surface area (Å²) in [6.45, 7) is 13.1. The zero-order valence-electron chi connectivity index (χ0n) is 14.2. The van der Waals surface area contributed by atoms with Crippen molar-refractivity contribution >= 4 is 0 Å². The zero-order chi connectivity index (χ0) is 15.7. The monoisotopic (exact) mass is 295 g/mol. The summed E-state index contributed by atoms with van der Waals surface area (Å²) in [4.78, 5) is 0. The minimum atomic E-state index is -0.192. The summed E-state index contributed by atoms with van der Waals surface area (Å²) < 4.78 is 13.3. The summed E-state index contributed by atoms with van der Waals surface area (Å²) in [6, 6.07) is 0.277. The summed E-state index contributed by atoms with van der Waals surface area (Å²) in [5, 5.41) is 8.09. The van der Waals surface area contributed by atoms with E-state index in [1.54, 1.807) is 7.11 Å². The number of nitrogens with zero attached hydrogens (tertiary/aromatic N) is 2. The average Bonchev–Trinajstić information content (AvgIpc) is 2.81. The molecule has 1 aromatic rings. The van der Waals surface area contributed by atoms with E-state index in [-0.39, 0.29) is 17.2 Å². The highest BCUT2D eigenvalue weighted by Crippen LogP contribution is 2.44. The summed E-state index contributed by atoms with van der Waals surface area (Å²) in [7, 11) is 1.72. The second kappa shape index (κ2) is 6.07. The molecule has 2 rings (SSSR count). The molecule has 0 spiro atoms. The molecule has 0 radical (unpaired) electrons. The lowest BCUT2D eigenvalue weighted by atomic mass is 9.95. The Hall–Kier alpha value is -0.910. The molecule has 1 unspecified atom stereocenters. The van der Waals surface area contributed by atoms with Gasteiger partial charge in [-0.1, -0.05) is 0 Å². The van der Waals surface area contributed by atoms with Crippen molar-refractivity contribution in [3.63, 3.8) is 0 Å². The lowest BCUT2D eigenvalue weighted by molar-refractivity contribution is -0.0737. The normalized spacial score (nSPS) is 23.6. The molecule has 0 bridgehead atoms. The molecule has 1 aliphatic rings. The fourth-order valence-corrected chi connectivity index (χ4v) is 3.20. The Morgan fingerprint density at radius 1 is 1.43 bits per heavy atom. The van der Waals surface area contributed by atoms with Crippen LogP contribution in [0.25, 0.3) is 0 Å². The van der Waals surface area contributed by atoms with Gasteiger partial charge in [-0.3, -0.25) is 4.68 Å². The Morgan fingerprint density at radius 3 is 2.71 bits per heavy atom. The van der Waals surface area contributed by atoms with Crippen molar-refractivity contribution in [2.45, 2.75) is 64.8 Å². The molecule has 1 N–H and O–H groups in total. The summed E-state index contributed by atoms with van der Waals surface area (Å²) in [5.74, 6) is 0. The van der Waals surface area contributed by atoms with Crippen molar-refractivity contribution in [1.82, 2.24) is 15.1 Å². The highest BCUT2D eigenvalue weighted by atomic mass is 16.5. The molecule has 0 amide bonds. The molecule has 2 heterocycles. The predicted octanol–water partition coefficient (Wildman–Crippen LogP) is 2.45. The first-order valence-electron chi connectivity index (χ1n) is 7.69. The molecular formula is C16H29N3O2. The van der Waals surface area contributed by atoms with Gasteiger partial charge in [0.1, 0.15) is 0 Å². The lowest BCUT2D eigenvalue weighted by Crippen LogP contribution is -2.31. The smallest absolute Gasteiger partial charge is 0.0857 e. The first-order valence-corrected chi connectivity index (χ1v) is 7.69. The molecule has 0 aliphatic carbocycles. The maximum Gasteiger partial charge on any atom is 0.0857 e. The Bertz CT molecular complexity index is 480. The third-order valence-corrected chi connectivity index (χ3v) is 4.16. The molecule has 120 valence electrons. The largest absolute Gasteiger partial charge is 0.383 e. The van der Waals surface area contributed by atoms with Crippen LogP contribution in [-0.4, -0.2) is 41.2 Å². The molecule has 0 aromatic carbocycles. The average molecular weight is 295 g/mol. The van der Waals surface area contributed by atoms with E-state index < -0.39 is 0 Å². The van der Waals surface area contributed by atoms with Gasteiger partial charge in [-0.15, -0.1) is 0 Å². The minimum Gasteiger partial charge on any atom is -0.383 e. The Morgan fingerprint density at radius 2 is 2.14 bits per heavy atom. The number of methoxy groups -OCH3 is 1. The van der Waals surface area contributed by atoms with Crippen LogP contribution >= 0.6 is 0 Å². The van der Waals surface area contributed by atoms with Gasteiger partial charge in [-0.05, 0) is 34.6 Å². The van der Waals surface area contributed by atoms with Gasteiger partial charge in [0, 0.05) is 38.4 Å². The van der Waals surface area contributed by atoms with Gasteiger partial charge in [0.25, 0.3) is 0 Å². The van der Waals surface area contributed by atoms with Gasteiger partial charge in [-0.25, -0.2) is 0 Å². The predicted molar refractivity (Wildman–Crippen MR) is 83.4 cm³/mol. The van der Waals surface area contributed by atoms with Gasteiger partial charge in [0.2, 0.25) is 0 Å². The molecular weight excluding hydrogens is 266 g/mol. The molecule has 1 saturated heterocycles. The molecule has 1 aliphatic heterocycles. The molecule has 0 saturated carbocycles. The number of rotatable bonds is 6. The van der Waals surface area contributed by atoms with Gasteiger partial charge in [-0.2, -0.15) is 5.10 Å². The van der Waals surface area contributed by atoms with Crippen molar-refractivity contribution in [3.05, 3.63) is 17.5 Å². The van der Waals surface area contributed by atoms with Gasteiger partial charge in [0.15, 0.2) is 0 Å². The van der Waals surface area contributed by atoms with Crippen molar-refractivity contribution in [1.29, 1.82) is 0 Å². The van der Waals surface area contributed by atoms with Crippen molar-refractivity contribution in [3.8, 4) is 0 Å². The highest BCUT2D eigenvalue weighted by Gasteiger charge is 2.47. The highest BCUT2D eigenvalue weighted by molar-refractivity contribution is 5.16. The van der Waals surface area contributed by atoms with E-state index in [0.29, 0.717) is 0 Å². The number of nitrogens with one attached hydrogen (secondary N) is 1. The van der Waals surface area contributed by atoms with Crippen LogP contribution in [0.4, 0.5) is 0 Å². The number of aryl methyl sites for hydroxylation is 1. The quantitative estimate of drug-likeness (QED) is 0.819. The number of ether oxygens (including phenoxy) is 2. The molecule has 1 fully saturated rings. The van der Waals surface area contributed by atoms with E-state index in [4.69, 9.17) is 14.6 Å². The van der Waals surface area contributed by atoms with E-state index in [9.17, 15) is 0 Å². The lowest BCUT2D eigenvalue weighted by Gasteiger charge is -2.27. The van der Waals surface area contributed by atoms with Crippen molar-refractivity contribution < 1.29 is 9.47 Å². The van der Waals surface area contributed by atoms with Gasteiger partial charge < -0.3 is 14.8 Å². The van der Waals surface area contributed by atoms with Crippen LogP contribution < -0.4 is 5.32 Å². The van der Waals surface area contributed by atoms with Gasteiger partial charge >= 0.3 is 0 Å². The fraction of sp³-hybridized carbons (Fsp3) is 0.812. The SMILES string of the molecule is COCCNCc1cn(C2CC(C)(C)OC2(C)C)nc1C. The second-order valence-corrected chi connectivity index (χ2v) is 7.07. The first kappa shape index (κ1) is 16.5. The standard InChI is InChI=1S/C16H29N3O2/c1-12-13(10-17-7-8-20-6)11-19(18-12)14-9-15(2,3)21-16(14,4)5/h11,14,17H,7-10H2,1-6H3. The number of aromatic nitrogens is 2. The topological polar surface area (TPSA) is 48.3 Å². The van der Waals surface area contributed by atoms with Crippen LogP contribution in [0.5, 0.6) is 0 Å². The second-order valence-electron chi connectivity index (χ2n) is 7.07. The molecule has 1 aromatic heterocycles. The van der Waals surface area contributed by atoms with Crippen LogP contribution in [0.15, 0.2) is 6.20 Å². The molecule has 5 nitrogen and oxygen atoms in total. The maximum atomic E-state index is 6.17. The summed E-state index contributed by atoms with van der Waals surface area (Å²) in [6.07, 6.45) is 3.14. The summed E-state index contributed by atoms with van der Waals surface area (Å²) in [5.41, 5.74) is 2.04. The Labute approximate surface area is 128 Å². The van der Waals surface area contributed by atoms with E-state index >= 15 is 0 Å². The molecule has 21 heavy (non-hydrogen) atoms. The maximum absolute atomic E-state index is 6.17. The van der Waals surface area contributed by atoms with Crippen LogP contribution in [0, 0.1) is 6.92 Å². The van der Waals surface area contributed by atoms with Crippen LogP contribution in [-0.2, 0) is 16.0 Å². The minimum absolute atomic E-state index is 0.0924. The van der Waals surface area contributed by atoms with E-state index in [2.05, 4.69) is 50.8 Å². The van der Waals surface area contributed by atoms with E-state index in [0.717, 1.165) is 31.8 Å². The van der Waals surface area contributed by atoms with Crippen LogP contribution in [0.3, 0.4) is 0 Å². The number of hydrogen-bond donors (Lipinski definition) is 1. The molecule has 5 heteroatoms. The van der Waals surface area contributed by atoms with Crippen LogP contribution in [0.2, 0.25) is 0 Å². The Balaban J connectivity index is 2.08. The third kappa shape index (κ3) is 3.84. The first-order chi connectivity index (χ1) is 9.75. The van der Waals surface area contributed by atoms with Crippen molar-refractivity contribution in [2.24, 2.45) is 0 Å². The Kier molecular flexibility index (Phi) is 4.76. The van der Waals surface area contributed by atoms with Gasteiger partial charge in [0.05, 0.1) is 29.5 Å². The fourth-order valence-electron chi connectivity index (χ4n) is 3.20. The van der Waals surface area contributed by atoms with E-state index in [1.165, 1.54) is 5.56 Å². The number of hydrogen-bond acceptors (Lipinski definition) is 4. The van der Waals surface area contributed by atoms with E-state index in [1.807, 2.05) is 0 Å². The zero-order valence-corrected chi connectivity index (χ0v) is 14.2. The molecule has 1 atom stereocenters.